The summed E-state index contributed by atoms with van der Waals surface area (Å²) in [4.78, 5) is 11.3. The highest BCUT2D eigenvalue weighted by atomic mass is 19.1. The Kier molecular flexibility index (Phi) is 6.27. The number of nitrogens with zero attached hydrogens (tertiary/aromatic N) is 6. The van der Waals surface area contributed by atoms with Crippen LogP contribution in [0, 0.1) is 5.82 Å². The first-order valence-electron chi connectivity index (χ1n) is 12.2. The van der Waals surface area contributed by atoms with Crippen LogP contribution in [0.2, 0.25) is 0 Å². The molecule has 5 heterocycles. The van der Waals surface area contributed by atoms with Crippen molar-refractivity contribution in [2.24, 2.45) is 0 Å². The van der Waals surface area contributed by atoms with E-state index in [0.717, 1.165) is 48.3 Å². The van der Waals surface area contributed by atoms with Crippen LogP contribution in [0.15, 0.2) is 30.9 Å². The van der Waals surface area contributed by atoms with E-state index in [4.69, 9.17) is 4.74 Å². The van der Waals surface area contributed by atoms with Crippen LogP contribution in [0.3, 0.4) is 0 Å². The van der Waals surface area contributed by atoms with Gasteiger partial charge >= 0.3 is 0 Å². The molecule has 4 aromatic rings. The minimum atomic E-state index is -0.324. The minimum Gasteiger partial charge on any atom is -0.493 e. The molecule has 0 bridgehead atoms. The predicted octanol–water partition coefficient (Wildman–Crippen LogP) is 5.04. The normalized spacial score (nSPS) is 15.5. The topological polar surface area (TPSA) is 84.2 Å². The number of methoxy groups -OCH3 is 1. The van der Waals surface area contributed by atoms with Gasteiger partial charge in [-0.15, -0.1) is 0 Å². The zero-order chi connectivity index (χ0) is 24.7. The summed E-state index contributed by atoms with van der Waals surface area (Å²) in [5, 5.41) is 11.9. The lowest BCUT2D eigenvalue weighted by molar-refractivity contribution is 0.171. The highest BCUT2D eigenvalue weighted by Gasteiger charge is 2.26. The standard InChI is InChI=1S/C26H32FN7O/c1-15(2)22-23(19-11-21(35-5)26-29-14-30-34(26)13-19)31-32-25(22)24-20(27)10-18(12-28-24)17-6-8-33(9-7-17)16(3)4/h10-17H,6-9H2,1-5H3,(H,31,32). The van der Waals surface area contributed by atoms with Crippen molar-refractivity contribution < 1.29 is 9.13 Å². The second-order valence-corrected chi connectivity index (χ2v) is 9.84. The maximum atomic E-state index is 15.5. The third-order valence-corrected chi connectivity index (χ3v) is 7.05. The summed E-state index contributed by atoms with van der Waals surface area (Å²) in [6, 6.07) is 4.09. The van der Waals surface area contributed by atoms with Gasteiger partial charge < -0.3 is 9.64 Å². The third-order valence-electron chi connectivity index (χ3n) is 7.05. The van der Waals surface area contributed by atoms with Gasteiger partial charge in [0.2, 0.25) is 0 Å². The maximum Gasteiger partial charge on any atom is 0.197 e. The van der Waals surface area contributed by atoms with Gasteiger partial charge in [0, 0.05) is 29.6 Å². The molecule has 1 saturated heterocycles. The summed E-state index contributed by atoms with van der Waals surface area (Å²) in [5.41, 5.74) is 4.92. The Morgan fingerprint density at radius 3 is 2.51 bits per heavy atom. The van der Waals surface area contributed by atoms with E-state index in [2.05, 4.69) is 57.9 Å². The molecule has 184 valence electrons. The molecule has 5 rings (SSSR count). The molecule has 1 aliphatic rings. The SMILES string of the molecule is COc1cc(-c2n[nH]c(-c3ncc(C4CCN(C(C)C)CC4)cc3F)c2C(C)C)cn2ncnc12. The van der Waals surface area contributed by atoms with Crippen LogP contribution in [0.1, 0.15) is 63.5 Å². The van der Waals surface area contributed by atoms with Crippen molar-refractivity contribution in [2.75, 3.05) is 20.2 Å². The minimum absolute atomic E-state index is 0.0809. The van der Waals surface area contributed by atoms with E-state index in [1.807, 2.05) is 18.5 Å². The van der Waals surface area contributed by atoms with Crippen LogP contribution in [-0.2, 0) is 0 Å². The van der Waals surface area contributed by atoms with Crippen molar-refractivity contribution in [1.82, 2.24) is 34.7 Å². The van der Waals surface area contributed by atoms with E-state index in [0.29, 0.717) is 34.7 Å². The van der Waals surface area contributed by atoms with E-state index in [1.165, 1.54) is 6.33 Å². The van der Waals surface area contributed by atoms with E-state index in [-0.39, 0.29) is 11.7 Å². The summed E-state index contributed by atoms with van der Waals surface area (Å²) in [5.74, 6) is 0.689. The molecule has 0 unspecified atom stereocenters. The van der Waals surface area contributed by atoms with E-state index >= 15 is 4.39 Å². The average Bonchev–Trinajstić information content (AvgIpc) is 3.50. The smallest absolute Gasteiger partial charge is 0.197 e. The lowest BCUT2D eigenvalue weighted by atomic mass is 9.89. The molecule has 9 heteroatoms. The maximum absolute atomic E-state index is 15.5. The Morgan fingerprint density at radius 2 is 1.86 bits per heavy atom. The number of pyridine rings is 2. The van der Waals surface area contributed by atoms with Gasteiger partial charge in [-0.05, 0) is 69.3 Å². The molecule has 35 heavy (non-hydrogen) atoms. The predicted molar refractivity (Wildman–Crippen MR) is 133 cm³/mol. The average molecular weight is 478 g/mol. The van der Waals surface area contributed by atoms with Crippen molar-refractivity contribution in [2.45, 2.75) is 58.4 Å². The van der Waals surface area contributed by atoms with Crippen LogP contribution in [0.5, 0.6) is 5.75 Å². The van der Waals surface area contributed by atoms with Crippen molar-refractivity contribution in [1.29, 1.82) is 0 Å². The molecule has 4 aromatic heterocycles. The van der Waals surface area contributed by atoms with Crippen LogP contribution in [0.4, 0.5) is 4.39 Å². The Hall–Kier alpha value is -3.33. The van der Waals surface area contributed by atoms with Gasteiger partial charge in [0.1, 0.15) is 12.0 Å². The number of piperidine rings is 1. The van der Waals surface area contributed by atoms with Crippen LogP contribution >= 0.6 is 0 Å². The second-order valence-electron chi connectivity index (χ2n) is 9.84. The molecule has 1 aliphatic heterocycles. The summed E-state index contributed by atoms with van der Waals surface area (Å²) in [7, 11) is 1.60. The number of ether oxygens (including phenoxy) is 1. The van der Waals surface area contributed by atoms with Crippen LogP contribution in [-0.4, -0.2) is 60.9 Å². The molecule has 0 radical (unpaired) electrons. The fraction of sp³-hybridized carbons (Fsp3) is 0.462. The number of fused-ring (bicyclic) bond motifs is 1. The summed E-state index contributed by atoms with van der Waals surface area (Å²) in [6.07, 6.45) is 7.22. The first kappa shape index (κ1) is 23.4. The van der Waals surface area contributed by atoms with E-state index in [9.17, 15) is 0 Å². The molecule has 0 aliphatic carbocycles. The Morgan fingerprint density at radius 1 is 1.09 bits per heavy atom. The molecule has 1 N–H and O–H groups in total. The number of likely N-dealkylation sites (tertiary alicyclic amines) is 1. The quantitative estimate of drug-likeness (QED) is 0.419. The van der Waals surface area contributed by atoms with Crippen LogP contribution in [0.25, 0.3) is 28.3 Å². The zero-order valence-electron chi connectivity index (χ0n) is 20.9. The molecule has 0 spiro atoms. The summed E-state index contributed by atoms with van der Waals surface area (Å²) < 4.78 is 22.6. The molecule has 0 amide bonds. The van der Waals surface area contributed by atoms with Crippen molar-refractivity contribution in [3.8, 4) is 28.4 Å². The number of aromatic nitrogens is 6. The number of rotatable bonds is 6. The Bertz CT molecular complexity index is 1330. The Balaban J connectivity index is 1.50. The summed E-state index contributed by atoms with van der Waals surface area (Å²) >= 11 is 0. The lowest BCUT2D eigenvalue weighted by Crippen LogP contribution is -2.37. The Labute approximate surface area is 204 Å². The van der Waals surface area contributed by atoms with Gasteiger partial charge in [-0.3, -0.25) is 10.1 Å². The number of H-pyrrole nitrogens is 1. The molecule has 0 atom stereocenters. The lowest BCUT2D eigenvalue weighted by Gasteiger charge is -2.34. The number of hydrogen-bond acceptors (Lipinski definition) is 6. The second kappa shape index (κ2) is 9.37. The zero-order valence-corrected chi connectivity index (χ0v) is 20.9. The van der Waals surface area contributed by atoms with Crippen molar-refractivity contribution >= 4 is 5.65 Å². The monoisotopic (exact) mass is 477 g/mol. The van der Waals surface area contributed by atoms with Gasteiger partial charge in [-0.25, -0.2) is 13.9 Å². The molecule has 1 fully saturated rings. The molecular weight excluding hydrogens is 445 g/mol. The van der Waals surface area contributed by atoms with Crippen molar-refractivity contribution in [3.63, 3.8) is 0 Å². The third kappa shape index (κ3) is 4.29. The van der Waals surface area contributed by atoms with Gasteiger partial charge in [-0.2, -0.15) is 10.2 Å². The molecular formula is C26H32FN7O. The highest BCUT2D eigenvalue weighted by molar-refractivity contribution is 5.75. The van der Waals surface area contributed by atoms with E-state index < -0.39 is 0 Å². The van der Waals surface area contributed by atoms with Gasteiger partial charge in [0.15, 0.2) is 17.2 Å². The fourth-order valence-electron chi connectivity index (χ4n) is 5.10. The number of hydrogen-bond donors (Lipinski definition) is 1. The number of aromatic amines is 1. The van der Waals surface area contributed by atoms with Gasteiger partial charge in [-0.1, -0.05) is 13.8 Å². The fourth-order valence-corrected chi connectivity index (χ4v) is 5.10. The van der Waals surface area contributed by atoms with E-state index in [1.54, 1.807) is 17.7 Å². The highest BCUT2D eigenvalue weighted by Crippen LogP contribution is 2.38. The van der Waals surface area contributed by atoms with Crippen molar-refractivity contribution in [3.05, 3.63) is 47.8 Å². The van der Waals surface area contributed by atoms with Gasteiger partial charge in [0.25, 0.3) is 0 Å². The molecule has 8 nitrogen and oxygen atoms in total. The molecule has 0 saturated carbocycles. The number of halogens is 1. The van der Waals surface area contributed by atoms with Crippen LogP contribution < -0.4 is 4.74 Å². The number of nitrogens with one attached hydrogen (secondary N) is 1. The largest absolute Gasteiger partial charge is 0.493 e. The first-order chi connectivity index (χ1) is 16.9. The molecule has 0 aromatic carbocycles. The van der Waals surface area contributed by atoms with Gasteiger partial charge in [0.05, 0.1) is 18.5 Å². The summed E-state index contributed by atoms with van der Waals surface area (Å²) in [6.45, 7) is 10.7. The first-order valence-corrected chi connectivity index (χ1v) is 12.2.